The van der Waals surface area contributed by atoms with Crippen LogP contribution in [0.5, 0.6) is 0 Å². The molecular formula is C8H12FN3. The molecule has 0 bridgehead atoms. The van der Waals surface area contributed by atoms with Crippen molar-refractivity contribution >= 4 is 5.95 Å². The van der Waals surface area contributed by atoms with Gasteiger partial charge in [0.15, 0.2) is 0 Å². The first-order valence-electron chi connectivity index (χ1n) is 3.82. The van der Waals surface area contributed by atoms with Crippen LogP contribution >= 0.6 is 0 Å². The summed E-state index contributed by atoms with van der Waals surface area (Å²) in [6.45, 7) is 5.52. The minimum atomic E-state index is -0.505. The predicted octanol–water partition coefficient (Wildman–Crippen LogP) is 1.63. The topological polar surface area (TPSA) is 51.8 Å². The van der Waals surface area contributed by atoms with Gasteiger partial charge >= 0.3 is 0 Å². The van der Waals surface area contributed by atoms with Crippen LogP contribution in [0.4, 0.5) is 10.3 Å². The smallest absolute Gasteiger partial charge is 0.222 e. The molecule has 1 aromatic heterocycles. The summed E-state index contributed by atoms with van der Waals surface area (Å²) in [5.41, 5.74) is 6.43. The van der Waals surface area contributed by atoms with Gasteiger partial charge in [-0.1, -0.05) is 13.8 Å². The molecule has 0 saturated carbocycles. The molecule has 4 heteroatoms. The van der Waals surface area contributed by atoms with Crippen LogP contribution in [0, 0.1) is 12.9 Å². The Morgan fingerprint density at radius 2 is 1.92 bits per heavy atom. The molecule has 0 amide bonds. The van der Waals surface area contributed by atoms with Crippen LogP contribution in [0.1, 0.15) is 31.0 Å². The van der Waals surface area contributed by atoms with Gasteiger partial charge in [0.1, 0.15) is 0 Å². The number of hydrogen-bond donors (Lipinski definition) is 1. The maximum atomic E-state index is 13.1. The molecule has 0 aliphatic heterocycles. The Labute approximate surface area is 70.8 Å². The van der Waals surface area contributed by atoms with E-state index in [0.29, 0.717) is 11.3 Å². The maximum Gasteiger partial charge on any atom is 0.222 e. The molecule has 2 N–H and O–H groups in total. The van der Waals surface area contributed by atoms with Gasteiger partial charge in [-0.25, -0.2) is 4.98 Å². The number of nitrogens with zero attached hydrogens (tertiary/aromatic N) is 2. The summed E-state index contributed by atoms with van der Waals surface area (Å²) >= 11 is 0. The molecule has 0 fully saturated rings. The molecule has 0 aliphatic carbocycles. The van der Waals surface area contributed by atoms with Gasteiger partial charge in [0, 0.05) is 11.3 Å². The number of nitrogen functional groups attached to an aromatic ring is 1. The van der Waals surface area contributed by atoms with Gasteiger partial charge in [-0.2, -0.15) is 9.37 Å². The molecular weight excluding hydrogens is 157 g/mol. The number of rotatable bonds is 1. The van der Waals surface area contributed by atoms with E-state index in [1.165, 1.54) is 0 Å². The van der Waals surface area contributed by atoms with E-state index >= 15 is 0 Å². The van der Waals surface area contributed by atoms with Crippen molar-refractivity contribution in [2.75, 3.05) is 5.73 Å². The van der Waals surface area contributed by atoms with Crippen molar-refractivity contribution in [3.05, 3.63) is 17.2 Å². The molecule has 0 aliphatic rings. The van der Waals surface area contributed by atoms with E-state index in [1.54, 1.807) is 6.92 Å². The lowest BCUT2D eigenvalue weighted by Gasteiger charge is -2.09. The lowest BCUT2D eigenvalue weighted by molar-refractivity contribution is 0.550. The molecule has 1 aromatic rings. The average Bonchev–Trinajstić information content (AvgIpc) is 1.82. The molecule has 0 aromatic carbocycles. The van der Waals surface area contributed by atoms with Gasteiger partial charge in [-0.05, 0) is 12.8 Å². The summed E-state index contributed by atoms with van der Waals surface area (Å²) in [6.07, 6.45) is 0. The highest BCUT2D eigenvalue weighted by atomic mass is 19.1. The first-order chi connectivity index (χ1) is 5.52. The number of aromatic nitrogens is 2. The molecule has 66 valence electrons. The van der Waals surface area contributed by atoms with Crippen LogP contribution in [-0.2, 0) is 0 Å². The third kappa shape index (κ3) is 1.52. The Bertz CT molecular complexity index is 273. The second-order valence-electron chi connectivity index (χ2n) is 3.03. The zero-order valence-electron chi connectivity index (χ0n) is 7.43. The van der Waals surface area contributed by atoms with Crippen molar-refractivity contribution < 1.29 is 4.39 Å². The number of halogens is 1. The lowest BCUT2D eigenvalue weighted by atomic mass is 10.0. The largest absolute Gasteiger partial charge is 0.368 e. The summed E-state index contributed by atoms with van der Waals surface area (Å²) in [5, 5.41) is 0. The van der Waals surface area contributed by atoms with Crippen molar-refractivity contribution in [1.82, 2.24) is 9.97 Å². The summed E-state index contributed by atoms with van der Waals surface area (Å²) in [7, 11) is 0. The fourth-order valence-corrected chi connectivity index (χ4v) is 1.22. The van der Waals surface area contributed by atoms with E-state index < -0.39 is 5.95 Å². The number of nitrogens with two attached hydrogens (primary N) is 1. The molecule has 0 saturated heterocycles. The third-order valence-electron chi connectivity index (χ3n) is 1.68. The Morgan fingerprint density at radius 3 is 2.33 bits per heavy atom. The Morgan fingerprint density at radius 1 is 1.33 bits per heavy atom. The van der Waals surface area contributed by atoms with E-state index in [2.05, 4.69) is 9.97 Å². The zero-order valence-corrected chi connectivity index (χ0v) is 7.43. The van der Waals surface area contributed by atoms with E-state index in [9.17, 15) is 4.39 Å². The minimum Gasteiger partial charge on any atom is -0.368 e. The fraction of sp³-hybridized carbons (Fsp3) is 0.500. The summed E-state index contributed by atoms with van der Waals surface area (Å²) in [5.74, 6) is -0.421. The molecule has 0 radical (unpaired) electrons. The Kier molecular flexibility index (Phi) is 2.26. The van der Waals surface area contributed by atoms with Crippen molar-refractivity contribution in [2.24, 2.45) is 0 Å². The van der Waals surface area contributed by atoms with E-state index in [4.69, 9.17) is 5.73 Å². The monoisotopic (exact) mass is 169 g/mol. The SMILES string of the molecule is Cc1nc(N)nc(F)c1C(C)C. The van der Waals surface area contributed by atoms with Gasteiger partial charge in [0.05, 0.1) is 0 Å². The summed E-state index contributed by atoms with van der Waals surface area (Å²) in [4.78, 5) is 7.34. The number of hydrogen-bond acceptors (Lipinski definition) is 3. The molecule has 1 heterocycles. The van der Waals surface area contributed by atoms with Crippen LogP contribution in [0.15, 0.2) is 0 Å². The van der Waals surface area contributed by atoms with Gasteiger partial charge in [-0.3, -0.25) is 0 Å². The van der Waals surface area contributed by atoms with Gasteiger partial charge < -0.3 is 5.73 Å². The van der Waals surface area contributed by atoms with E-state index in [-0.39, 0.29) is 11.9 Å². The Hall–Kier alpha value is -1.19. The highest BCUT2D eigenvalue weighted by Crippen LogP contribution is 2.19. The molecule has 0 unspecified atom stereocenters. The lowest BCUT2D eigenvalue weighted by Crippen LogP contribution is -2.06. The quantitative estimate of drug-likeness (QED) is 0.650. The third-order valence-corrected chi connectivity index (χ3v) is 1.68. The second-order valence-corrected chi connectivity index (χ2v) is 3.03. The molecule has 1 rings (SSSR count). The average molecular weight is 169 g/mol. The van der Waals surface area contributed by atoms with Crippen molar-refractivity contribution in [2.45, 2.75) is 26.7 Å². The summed E-state index contributed by atoms with van der Waals surface area (Å²) < 4.78 is 13.1. The summed E-state index contributed by atoms with van der Waals surface area (Å²) in [6, 6.07) is 0. The highest BCUT2D eigenvalue weighted by Gasteiger charge is 2.12. The number of aryl methyl sites for hydroxylation is 1. The van der Waals surface area contributed by atoms with Gasteiger partial charge in [0.2, 0.25) is 11.9 Å². The Balaban J connectivity index is 3.28. The molecule has 12 heavy (non-hydrogen) atoms. The van der Waals surface area contributed by atoms with Crippen LogP contribution in [0.25, 0.3) is 0 Å². The van der Waals surface area contributed by atoms with Gasteiger partial charge in [-0.15, -0.1) is 0 Å². The first kappa shape index (κ1) is 8.90. The minimum absolute atomic E-state index is 0.00519. The molecule has 0 spiro atoms. The van der Waals surface area contributed by atoms with E-state index in [1.807, 2.05) is 13.8 Å². The normalized spacial score (nSPS) is 10.8. The highest BCUT2D eigenvalue weighted by molar-refractivity contribution is 5.27. The maximum absolute atomic E-state index is 13.1. The van der Waals surface area contributed by atoms with Crippen LogP contribution < -0.4 is 5.73 Å². The zero-order chi connectivity index (χ0) is 9.30. The second kappa shape index (κ2) is 3.05. The number of anilines is 1. The van der Waals surface area contributed by atoms with Crippen LogP contribution in [0.2, 0.25) is 0 Å². The first-order valence-corrected chi connectivity index (χ1v) is 3.82. The van der Waals surface area contributed by atoms with Crippen molar-refractivity contribution in [3.63, 3.8) is 0 Å². The predicted molar refractivity (Wildman–Crippen MR) is 45.2 cm³/mol. The van der Waals surface area contributed by atoms with Crippen LogP contribution in [-0.4, -0.2) is 9.97 Å². The van der Waals surface area contributed by atoms with Crippen LogP contribution in [0.3, 0.4) is 0 Å². The molecule has 0 atom stereocenters. The van der Waals surface area contributed by atoms with Crippen molar-refractivity contribution in [3.8, 4) is 0 Å². The van der Waals surface area contributed by atoms with Gasteiger partial charge in [0.25, 0.3) is 0 Å². The fourth-order valence-electron chi connectivity index (χ4n) is 1.22. The van der Waals surface area contributed by atoms with Crippen molar-refractivity contribution in [1.29, 1.82) is 0 Å². The molecule has 3 nitrogen and oxygen atoms in total. The standard InChI is InChI=1S/C8H12FN3/c1-4(2)6-5(3)11-8(10)12-7(6)9/h4H,1-3H3,(H2,10,11,12). The van der Waals surface area contributed by atoms with E-state index in [0.717, 1.165) is 0 Å².